The van der Waals surface area contributed by atoms with Gasteiger partial charge in [0.25, 0.3) is 0 Å². The van der Waals surface area contributed by atoms with Crippen molar-refractivity contribution in [2.75, 3.05) is 0 Å². The first-order valence-electron chi connectivity index (χ1n) is 7.79. The Hall–Kier alpha value is -2.87. The Labute approximate surface area is 135 Å². The maximum Gasteiger partial charge on any atom is 0.153 e. The molecule has 0 radical (unpaired) electrons. The molecule has 2 heteroatoms. The summed E-state index contributed by atoms with van der Waals surface area (Å²) in [5, 5.41) is 1.14. The number of carbonyl (C=O) groups is 1. The van der Waals surface area contributed by atoms with E-state index in [2.05, 4.69) is 30.4 Å². The summed E-state index contributed by atoms with van der Waals surface area (Å²) in [4.78, 5) is 11.9. The minimum Gasteiger partial charge on any atom is -0.328 e. The monoisotopic (exact) mass is 299 g/mol. The van der Waals surface area contributed by atoms with E-state index in [-0.39, 0.29) is 5.92 Å². The molecule has 0 spiro atoms. The van der Waals surface area contributed by atoms with Crippen LogP contribution in [-0.4, -0.2) is 10.9 Å². The van der Waals surface area contributed by atoms with Crippen molar-refractivity contribution in [2.24, 2.45) is 0 Å². The first kappa shape index (κ1) is 13.8. The van der Waals surface area contributed by atoms with Gasteiger partial charge in [-0.05, 0) is 23.1 Å². The summed E-state index contributed by atoms with van der Waals surface area (Å²) in [5.74, 6) is 0.214. The Morgan fingerprint density at radius 2 is 1.57 bits per heavy atom. The van der Waals surface area contributed by atoms with Crippen LogP contribution in [0.4, 0.5) is 0 Å². The number of fused-ring (bicyclic) bond motifs is 1. The normalized spacial score (nSPS) is 23.2. The predicted octanol–water partition coefficient (Wildman–Crippen LogP) is 4.45. The zero-order chi connectivity index (χ0) is 15.7. The van der Waals surface area contributed by atoms with Gasteiger partial charge in [0.15, 0.2) is 6.29 Å². The molecule has 2 nitrogen and oxygen atoms in total. The topological polar surface area (TPSA) is 22.0 Å². The molecule has 1 heterocycles. The number of allylic oxidation sites excluding steroid dienone is 4. The maximum atomic E-state index is 11.9. The number of rotatable bonds is 3. The van der Waals surface area contributed by atoms with Crippen LogP contribution in [0, 0.1) is 0 Å². The molecule has 112 valence electrons. The number of nitrogens with zero attached hydrogens (tertiary/aromatic N) is 1. The van der Waals surface area contributed by atoms with Crippen LogP contribution >= 0.6 is 0 Å². The van der Waals surface area contributed by atoms with Crippen molar-refractivity contribution in [2.45, 2.75) is 11.5 Å². The average Bonchev–Trinajstić information content (AvgIpc) is 3.07. The predicted molar refractivity (Wildman–Crippen MR) is 93.4 cm³/mol. The SMILES string of the molecule is O=CC1(n2ccc3ccccc32)C=CC(c2ccccc2)C=C1. The third-order valence-electron chi connectivity index (χ3n) is 4.53. The number of carbonyl (C=O) groups excluding carboxylic acids is 1. The summed E-state index contributed by atoms with van der Waals surface area (Å²) in [6.45, 7) is 0. The summed E-state index contributed by atoms with van der Waals surface area (Å²) in [7, 11) is 0. The number of benzene rings is 2. The lowest BCUT2D eigenvalue weighted by Gasteiger charge is -2.28. The number of aldehydes is 1. The van der Waals surface area contributed by atoms with E-state index in [1.54, 1.807) is 0 Å². The lowest BCUT2D eigenvalue weighted by molar-refractivity contribution is -0.111. The first-order valence-corrected chi connectivity index (χ1v) is 7.79. The van der Waals surface area contributed by atoms with Gasteiger partial charge < -0.3 is 4.57 Å². The number of aromatic nitrogens is 1. The highest BCUT2D eigenvalue weighted by Gasteiger charge is 2.29. The summed E-state index contributed by atoms with van der Waals surface area (Å²) in [6, 6.07) is 20.5. The third kappa shape index (κ3) is 2.23. The summed E-state index contributed by atoms with van der Waals surface area (Å²) < 4.78 is 2.03. The second-order valence-corrected chi connectivity index (χ2v) is 5.90. The van der Waals surface area contributed by atoms with E-state index < -0.39 is 5.54 Å². The van der Waals surface area contributed by atoms with Crippen LogP contribution in [0.25, 0.3) is 10.9 Å². The largest absolute Gasteiger partial charge is 0.328 e. The summed E-state index contributed by atoms with van der Waals surface area (Å²) >= 11 is 0. The van der Waals surface area contributed by atoms with Gasteiger partial charge in [0, 0.05) is 17.6 Å². The smallest absolute Gasteiger partial charge is 0.153 e. The van der Waals surface area contributed by atoms with E-state index in [4.69, 9.17) is 0 Å². The van der Waals surface area contributed by atoms with Crippen molar-refractivity contribution in [1.29, 1.82) is 0 Å². The molecule has 0 saturated carbocycles. The van der Waals surface area contributed by atoms with Crippen LogP contribution in [0.5, 0.6) is 0 Å². The zero-order valence-electron chi connectivity index (χ0n) is 12.7. The van der Waals surface area contributed by atoms with Gasteiger partial charge in [0.1, 0.15) is 5.54 Å². The molecule has 0 amide bonds. The van der Waals surface area contributed by atoms with Crippen LogP contribution in [0.2, 0.25) is 0 Å². The molecule has 1 aliphatic rings. The molecule has 2 aromatic carbocycles. The standard InChI is InChI=1S/C21H17NO/c23-16-21(22-15-12-19-8-4-5-9-20(19)22)13-10-18(11-14-21)17-6-2-1-3-7-17/h1-16,18H. The highest BCUT2D eigenvalue weighted by atomic mass is 16.1. The van der Waals surface area contributed by atoms with Crippen molar-refractivity contribution >= 4 is 17.2 Å². The molecule has 0 bridgehead atoms. The van der Waals surface area contributed by atoms with Crippen molar-refractivity contribution in [3.63, 3.8) is 0 Å². The molecule has 3 aromatic rings. The van der Waals surface area contributed by atoms with Crippen LogP contribution in [0.3, 0.4) is 0 Å². The van der Waals surface area contributed by atoms with Crippen molar-refractivity contribution in [1.82, 2.24) is 4.57 Å². The van der Waals surface area contributed by atoms with E-state index in [9.17, 15) is 4.79 Å². The van der Waals surface area contributed by atoms with Gasteiger partial charge >= 0.3 is 0 Å². The minimum atomic E-state index is -0.742. The molecule has 0 N–H and O–H groups in total. The second-order valence-electron chi connectivity index (χ2n) is 5.90. The minimum absolute atomic E-state index is 0.214. The van der Waals surface area contributed by atoms with Crippen molar-refractivity contribution in [3.05, 3.63) is 96.7 Å². The number of hydrogen-bond acceptors (Lipinski definition) is 1. The Balaban J connectivity index is 1.76. The van der Waals surface area contributed by atoms with Gasteiger partial charge in [-0.3, -0.25) is 4.79 Å². The highest BCUT2D eigenvalue weighted by Crippen LogP contribution is 2.32. The molecular weight excluding hydrogens is 282 g/mol. The van der Waals surface area contributed by atoms with E-state index in [1.807, 2.05) is 65.4 Å². The fourth-order valence-corrected chi connectivity index (χ4v) is 3.25. The fourth-order valence-electron chi connectivity index (χ4n) is 3.25. The summed E-state index contributed by atoms with van der Waals surface area (Å²) in [5.41, 5.74) is 1.55. The molecule has 0 atom stereocenters. The molecule has 0 aliphatic heterocycles. The maximum absolute atomic E-state index is 11.9. The first-order chi connectivity index (χ1) is 11.3. The van der Waals surface area contributed by atoms with Gasteiger partial charge in [0.05, 0.1) is 0 Å². The lowest BCUT2D eigenvalue weighted by atomic mass is 9.87. The van der Waals surface area contributed by atoms with Gasteiger partial charge in [-0.25, -0.2) is 0 Å². The van der Waals surface area contributed by atoms with E-state index in [0.29, 0.717) is 0 Å². The van der Waals surface area contributed by atoms with Gasteiger partial charge in [-0.2, -0.15) is 0 Å². The zero-order valence-corrected chi connectivity index (χ0v) is 12.7. The third-order valence-corrected chi connectivity index (χ3v) is 4.53. The van der Waals surface area contributed by atoms with Gasteiger partial charge in [-0.15, -0.1) is 0 Å². The Morgan fingerprint density at radius 3 is 2.30 bits per heavy atom. The average molecular weight is 299 g/mol. The highest BCUT2D eigenvalue weighted by molar-refractivity contribution is 5.83. The van der Waals surface area contributed by atoms with E-state index >= 15 is 0 Å². The van der Waals surface area contributed by atoms with Crippen LogP contribution in [0.1, 0.15) is 11.5 Å². The molecular formula is C21H17NO. The second kappa shape index (κ2) is 5.40. The molecule has 4 rings (SSSR count). The number of para-hydroxylation sites is 1. The Bertz CT molecular complexity index is 888. The molecule has 1 aliphatic carbocycles. The van der Waals surface area contributed by atoms with Crippen LogP contribution in [-0.2, 0) is 10.3 Å². The van der Waals surface area contributed by atoms with E-state index in [0.717, 1.165) is 17.2 Å². The summed E-state index contributed by atoms with van der Waals surface area (Å²) in [6.07, 6.45) is 11.2. The van der Waals surface area contributed by atoms with E-state index in [1.165, 1.54) is 5.56 Å². The van der Waals surface area contributed by atoms with Crippen molar-refractivity contribution < 1.29 is 4.79 Å². The van der Waals surface area contributed by atoms with Gasteiger partial charge in [-0.1, -0.05) is 72.8 Å². The molecule has 0 fully saturated rings. The van der Waals surface area contributed by atoms with Crippen LogP contribution < -0.4 is 0 Å². The Kier molecular flexibility index (Phi) is 3.23. The molecule has 1 aromatic heterocycles. The molecule has 0 saturated heterocycles. The molecule has 0 unspecified atom stereocenters. The fraction of sp³-hybridized carbons (Fsp3) is 0.0952. The van der Waals surface area contributed by atoms with Crippen LogP contribution in [0.15, 0.2) is 91.2 Å². The van der Waals surface area contributed by atoms with Crippen molar-refractivity contribution in [3.8, 4) is 0 Å². The lowest BCUT2D eigenvalue weighted by Crippen LogP contribution is -2.32. The number of hydrogen-bond donors (Lipinski definition) is 0. The quantitative estimate of drug-likeness (QED) is 0.517. The van der Waals surface area contributed by atoms with Gasteiger partial charge in [0.2, 0.25) is 0 Å². The molecule has 23 heavy (non-hydrogen) atoms. The Morgan fingerprint density at radius 1 is 0.870 bits per heavy atom.